The van der Waals surface area contributed by atoms with Gasteiger partial charge in [-0.2, -0.15) is 0 Å². The Morgan fingerprint density at radius 1 is 1.43 bits per heavy atom. The van der Waals surface area contributed by atoms with Gasteiger partial charge in [-0.05, 0) is 19.1 Å². The van der Waals surface area contributed by atoms with Crippen LogP contribution in [0.15, 0.2) is 36.1 Å². The smallest absolute Gasteiger partial charge is 0.335 e. The van der Waals surface area contributed by atoms with E-state index < -0.39 is 5.97 Å². The molecule has 14 heavy (non-hydrogen) atoms. The van der Waals surface area contributed by atoms with Crippen LogP contribution in [0.5, 0.6) is 0 Å². The van der Waals surface area contributed by atoms with Crippen LogP contribution in [0.4, 0.5) is 0 Å². The number of hydrogen-bond donors (Lipinski definition) is 1. The molecule has 3 nitrogen and oxygen atoms in total. The summed E-state index contributed by atoms with van der Waals surface area (Å²) >= 11 is 0. The molecule has 80 valence electrons. The third kappa shape index (κ3) is 6.06. The molecule has 0 bridgehead atoms. The Morgan fingerprint density at radius 3 is 2.14 bits per heavy atom. The lowest BCUT2D eigenvalue weighted by atomic mass is 10.2. The van der Waals surface area contributed by atoms with Crippen molar-refractivity contribution in [2.45, 2.75) is 20.8 Å². The number of carbonyl (C=O) groups is 1. The number of carboxylic acids is 1. The summed E-state index contributed by atoms with van der Waals surface area (Å²) in [5.41, 5.74) is 0.116. The summed E-state index contributed by atoms with van der Waals surface area (Å²) in [6.45, 7) is 9.13. The van der Waals surface area contributed by atoms with Gasteiger partial charge in [0.2, 0.25) is 0 Å². The average Bonchev–Trinajstić information content (AvgIpc) is 2.22. The van der Waals surface area contributed by atoms with Gasteiger partial charge in [0.05, 0.1) is 12.7 Å². The van der Waals surface area contributed by atoms with E-state index in [1.165, 1.54) is 19.3 Å². The number of methoxy groups -OCH3 is 1. The maximum absolute atomic E-state index is 10.5. The SMILES string of the molecule is C=C/C(=C\C(=C/C)OC)C(=O)O.CC. The highest BCUT2D eigenvalue weighted by atomic mass is 16.5. The Morgan fingerprint density at radius 2 is 1.93 bits per heavy atom. The lowest BCUT2D eigenvalue weighted by Gasteiger charge is -1.99. The quantitative estimate of drug-likeness (QED) is 0.429. The molecule has 0 aromatic carbocycles. The first-order chi connectivity index (χ1) is 6.65. The molecule has 3 heteroatoms. The molecule has 0 fully saturated rings. The van der Waals surface area contributed by atoms with Crippen molar-refractivity contribution in [2.24, 2.45) is 0 Å². The van der Waals surface area contributed by atoms with Crippen molar-refractivity contribution in [2.75, 3.05) is 7.11 Å². The van der Waals surface area contributed by atoms with Crippen LogP contribution in [0, 0.1) is 0 Å². The van der Waals surface area contributed by atoms with E-state index >= 15 is 0 Å². The Hall–Kier alpha value is -1.51. The normalized spacial score (nSPS) is 11.1. The molecule has 0 aliphatic carbocycles. The molecule has 0 aromatic heterocycles. The van der Waals surface area contributed by atoms with Gasteiger partial charge in [-0.25, -0.2) is 4.79 Å². The fourth-order valence-corrected chi connectivity index (χ4v) is 0.621. The van der Waals surface area contributed by atoms with Gasteiger partial charge in [-0.15, -0.1) is 0 Å². The predicted octanol–water partition coefficient (Wildman–Crippen LogP) is 2.76. The van der Waals surface area contributed by atoms with Crippen LogP contribution in [0.1, 0.15) is 20.8 Å². The monoisotopic (exact) mass is 198 g/mol. The van der Waals surface area contributed by atoms with E-state index in [1.54, 1.807) is 13.0 Å². The summed E-state index contributed by atoms with van der Waals surface area (Å²) in [5.74, 6) is -0.506. The van der Waals surface area contributed by atoms with Gasteiger partial charge in [0, 0.05) is 0 Å². The molecule has 1 N–H and O–H groups in total. The topological polar surface area (TPSA) is 46.5 Å². The first-order valence-corrected chi connectivity index (χ1v) is 4.43. The highest BCUT2D eigenvalue weighted by molar-refractivity contribution is 5.90. The standard InChI is InChI=1S/C9H12O3.C2H6/c1-4-7(9(10)11)6-8(5-2)12-3;1-2/h4-6H,1H2,2-3H3,(H,10,11);1-2H3/b7-6+,8-5+;. The van der Waals surface area contributed by atoms with Crippen molar-refractivity contribution in [1.29, 1.82) is 0 Å². The van der Waals surface area contributed by atoms with E-state index in [0.717, 1.165) is 0 Å². The summed E-state index contributed by atoms with van der Waals surface area (Å²) in [6, 6.07) is 0. The van der Waals surface area contributed by atoms with E-state index in [1.807, 2.05) is 13.8 Å². The first-order valence-electron chi connectivity index (χ1n) is 4.43. The average molecular weight is 198 g/mol. The predicted molar refractivity (Wildman–Crippen MR) is 58.0 cm³/mol. The van der Waals surface area contributed by atoms with Gasteiger partial charge < -0.3 is 9.84 Å². The van der Waals surface area contributed by atoms with Gasteiger partial charge in [0.1, 0.15) is 5.76 Å². The number of allylic oxidation sites excluding steroid dienone is 2. The molecule has 0 atom stereocenters. The minimum Gasteiger partial charge on any atom is -0.497 e. The van der Waals surface area contributed by atoms with Crippen LogP contribution in [0.2, 0.25) is 0 Å². The maximum Gasteiger partial charge on any atom is 0.335 e. The molecule has 0 radical (unpaired) electrons. The van der Waals surface area contributed by atoms with E-state index in [2.05, 4.69) is 6.58 Å². The summed E-state index contributed by atoms with van der Waals surface area (Å²) in [4.78, 5) is 10.5. The van der Waals surface area contributed by atoms with E-state index in [0.29, 0.717) is 5.76 Å². The van der Waals surface area contributed by atoms with Crippen LogP contribution in [0.25, 0.3) is 0 Å². The first kappa shape index (κ1) is 15.0. The molecular formula is C11H18O3. The zero-order valence-electron chi connectivity index (χ0n) is 9.20. The molecular weight excluding hydrogens is 180 g/mol. The lowest BCUT2D eigenvalue weighted by Crippen LogP contribution is -1.98. The van der Waals surface area contributed by atoms with Crippen molar-refractivity contribution in [3.8, 4) is 0 Å². The van der Waals surface area contributed by atoms with Crippen LogP contribution in [0.3, 0.4) is 0 Å². The van der Waals surface area contributed by atoms with Gasteiger partial charge in [-0.1, -0.05) is 26.5 Å². The van der Waals surface area contributed by atoms with Gasteiger partial charge >= 0.3 is 5.97 Å². The van der Waals surface area contributed by atoms with Gasteiger partial charge in [0.15, 0.2) is 0 Å². The molecule has 0 rings (SSSR count). The number of ether oxygens (including phenoxy) is 1. The molecule has 0 heterocycles. The second kappa shape index (κ2) is 9.58. The molecule has 0 unspecified atom stereocenters. The van der Waals surface area contributed by atoms with Crippen molar-refractivity contribution < 1.29 is 14.6 Å². The Kier molecular flexibility index (Phi) is 10.3. The molecule has 0 saturated heterocycles. The van der Waals surface area contributed by atoms with Gasteiger partial charge in [-0.3, -0.25) is 0 Å². The zero-order valence-corrected chi connectivity index (χ0v) is 9.20. The van der Waals surface area contributed by atoms with Gasteiger partial charge in [0.25, 0.3) is 0 Å². The minimum atomic E-state index is -1.01. The molecule has 0 spiro atoms. The van der Waals surface area contributed by atoms with E-state index in [4.69, 9.17) is 9.84 Å². The van der Waals surface area contributed by atoms with Crippen LogP contribution in [-0.2, 0) is 9.53 Å². The second-order valence-corrected chi connectivity index (χ2v) is 2.00. The van der Waals surface area contributed by atoms with Crippen molar-refractivity contribution in [1.82, 2.24) is 0 Å². The highest BCUT2D eigenvalue weighted by Gasteiger charge is 2.02. The molecule has 0 aliphatic rings. The van der Waals surface area contributed by atoms with Crippen molar-refractivity contribution in [3.63, 3.8) is 0 Å². The van der Waals surface area contributed by atoms with Crippen LogP contribution in [-0.4, -0.2) is 18.2 Å². The largest absolute Gasteiger partial charge is 0.497 e. The Balaban J connectivity index is 0. The lowest BCUT2D eigenvalue weighted by molar-refractivity contribution is -0.132. The van der Waals surface area contributed by atoms with Crippen molar-refractivity contribution in [3.05, 3.63) is 36.1 Å². The third-order valence-electron chi connectivity index (χ3n) is 1.28. The zero-order chi connectivity index (χ0) is 11.6. The molecule has 0 amide bonds. The molecule has 0 aromatic rings. The number of rotatable bonds is 4. The van der Waals surface area contributed by atoms with Crippen molar-refractivity contribution >= 4 is 5.97 Å². The number of carboxylic acid groups (broad SMARTS) is 1. The minimum absolute atomic E-state index is 0.116. The second-order valence-electron chi connectivity index (χ2n) is 2.00. The van der Waals surface area contributed by atoms with E-state index in [-0.39, 0.29) is 5.57 Å². The Bertz CT molecular complexity index is 237. The molecule has 0 saturated carbocycles. The summed E-state index contributed by atoms with van der Waals surface area (Å²) < 4.78 is 4.86. The highest BCUT2D eigenvalue weighted by Crippen LogP contribution is 2.04. The number of hydrogen-bond acceptors (Lipinski definition) is 2. The van der Waals surface area contributed by atoms with Crippen LogP contribution < -0.4 is 0 Å². The number of aliphatic carboxylic acids is 1. The summed E-state index contributed by atoms with van der Waals surface area (Å²) in [7, 11) is 1.48. The fourth-order valence-electron chi connectivity index (χ4n) is 0.621. The third-order valence-corrected chi connectivity index (χ3v) is 1.28. The summed E-state index contributed by atoms with van der Waals surface area (Å²) in [6.07, 6.45) is 4.35. The maximum atomic E-state index is 10.5. The Labute approximate surface area is 85.4 Å². The molecule has 0 aliphatic heterocycles. The van der Waals surface area contributed by atoms with Crippen LogP contribution >= 0.6 is 0 Å². The summed E-state index contributed by atoms with van der Waals surface area (Å²) in [5, 5.41) is 8.59. The fraction of sp³-hybridized carbons (Fsp3) is 0.364. The van der Waals surface area contributed by atoms with E-state index in [9.17, 15) is 4.79 Å².